The fourth-order valence-electron chi connectivity index (χ4n) is 3.41. The van der Waals surface area contributed by atoms with Crippen molar-refractivity contribution in [3.63, 3.8) is 0 Å². The van der Waals surface area contributed by atoms with Gasteiger partial charge in [-0.05, 0) is 51.9 Å². The summed E-state index contributed by atoms with van der Waals surface area (Å²) < 4.78 is 0. The van der Waals surface area contributed by atoms with E-state index in [2.05, 4.69) is 0 Å². The van der Waals surface area contributed by atoms with Crippen LogP contribution >= 0.6 is 0 Å². The van der Waals surface area contributed by atoms with E-state index in [0.717, 1.165) is 26.2 Å². The van der Waals surface area contributed by atoms with Crippen molar-refractivity contribution in [1.29, 1.82) is 0 Å². The van der Waals surface area contributed by atoms with Crippen molar-refractivity contribution >= 4 is 0 Å². The Morgan fingerprint density at radius 3 is 0.393 bits per heavy atom. The molecule has 8 N–H and O–H groups in total. The highest BCUT2D eigenvalue weighted by Gasteiger charge is 1.92. The minimum absolute atomic E-state index is 0.860. The average Bonchev–Trinajstić information content (AvgIpc) is 2.71. The quantitative estimate of drug-likeness (QED) is 0.177. The molecule has 0 heterocycles. The molecular weight excluding hydrogens is 344 g/mol. The van der Waals surface area contributed by atoms with Gasteiger partial charge in [0.1, 0.15) is 0 Å². The topological polar surface area (TPSA) is 104 Å². The van der Waals surface area contributed by atoms with Crippen molar-refractivity contribution < 1.29 is 0 Å². The van der Waals surface area contributed by atoms with Gasteiger partial charge in [0, 0.05) is 0 Å². The normalized spacial score (nSPS) is 10.7. The highest BCUT2D eigenvalue weighted by molar-refractivity contribution is 4.49. The fourth-order valence-corrected chi connectivity index (χ4v) is 3.41. The predicted octanol–water partition coefficient (Wildman–Crippen LogP) is 5.61. The minimum atomic E-state index is 0.860. The number of unbranched alkanes of at least 4 members (excludes halogenated alkanes) is 18. The monoisotopic (exact) mass is 400 g/mol. The maximum atomic E-state index is 5.43. The molecule has 0 aliphatic heterocycles. The largest absolute Gasteiger partial charge is 0.330 e. The lowest BCUT2D eigenvalue weighted by Gasteiger charge is -2.01. The molecule has 0 aromatic rings. The van der Waals surface area contributed by atoms with Crippen molar-refractivity contribution in [2.75, 3.05) is 26.2 Å². The molecule has 0 radical (unpaired) electrons. The third kappa shape index (κ3) is 33.4. The molecule has 0 saturated carbocycles. The van der Waals surface area contributed by atoms with Gasteiger partial charge in [0.15, 0.2) is 0 Å². The van der Waals surface area contributed by atoms with Crippen LogP contribution in [0, 0.1) is 0 Å². The van der Waals surface area contributed by atoms with Gasteiger partial charge in [0.25, 0.3) is 0 Å². The Hall–Kier alpha value is -0.160. The second-order valence-corrected chi connectivity index (χ2v) is 8.23. The first-order valence-corrected chi connectivity index (χ1v) is 12.6. The molecule has 0 fully saturated rings. The number of nitrogens with two attached hydrogens (primary N) is 4. The third-order valence-corrected chi connectivity index (χ3v) is 5.32. The molecule has 4 heteroatoms. The summed E-state index contributed by atoms with van der Waals surface area (Å²) in [4.78, 5) is 0. The van der Waals surface area contributed by atoms with Crippen LogP contribution in [0.5, 0.6) is 0 Å². The first-order chi connectivity index (χ1) is 13.8. The molecule has 0 spiro atoms. The fraction of sp³-hybridized carbons (Fsp3) is 1.00. The standard InChI is InChI=1S/2C12H28N2/c2*13-11-9-7-5-3-1-2-4-6-8-10-12-14/h2*1-14H2. The molecule has 0 aromatic heterocycles. The summed E-state index contributed by atoms with van der Waals surface area (Å²) in [5.74, 6) is 0. The first-order valence-electron chi connectivity index (χ1n) is 12.6. The zero-order chi connectivity index (χ0) is 21.0. The number of hydrogen-bond acceptors (Lipinski definition) is 4. The molecule has 0 amide bonds. The van der Waals surface area contributed by atoms with E-state index in [1.54, 1.807) is 0 Å². The van der Waals surface area contributed by atoms with E-state index >= 15 is 0 Å². The Balaban J connectivity index is 0. The van der Waals surface area contributed by atoms with E-state index in [4.69, 9.17) is 22.9 Å². The van der Waals surface area contributed by atoms with Crippen molar-refractivity contribution in [2.45, 2.75) is 128 Å². The van der Waals surface area contributed by atoms with Crippen LogP contribution < -0.4 is 22.9 Å². The van der Waals surface area contributed by atoms with Crippen LogP contribution in [0.1, 0.15) is 128 Å². The predicted molar refractivity (Wildman–Crippen MR) is 129 cm³/mol. The highest BCUT2D eigenvalue weighted by atomic mass is 14.5. The van der Waals surface area contributed by atoms with Crippen LogP contribution in [0.15, 0.2) is 0 Å². The molecule has 0 unspecified atom stereocenters. The summed E-state index contributed by atoms with van der Waals surface area (Å²) in [6.45, 7) is 3.44. The number of hydrogen-bond donors (Lipinski definition) is 4. The van der Waals surface area contributed by atoms with E-state index in [1.165, 1.54) is 128 Å². The van der Waals surface area contributed by atoms with E-state index in [-0.39, 0.29) is 0 Å². The van der Waals surface area contributed by atoms with Crippen LogP contribution in [-0.4, -0.2) is 26.2 Å². The summed E-state index contributed by atoms with van der Waals surface area (Å²) in [5, 5.41) is 0. The summed E-state index contributed by atoms with van der Waals surface area (Å²) in [7, 11) is 0. The molecule has 0 bridgehead atoms. The maximum Gasteiger partial charge on any atom is -0.00773 e. The van der Waals surface area contributed by atoms with Crippen molar-refractivity contribution in [3.8, 4) is 0 Å². The molecular formula is C24H56N4. The molecule has 0 atom stereocenters. The van der Waals surface area contributed by atoms with Crippen molar-refractivity contribution in [2.24, 2.45) is 22.9 Å². The Labute approximate surface area is 177 Å². The maximum absolute atomic E-state index is 5.43. The molecule has 4 nitrogen and oxygen atoms in total. The molecule has 0 rings (SSSR count). The minimum Gasteiger partial charge on any atom is -0.330 e. The van der Waals surface area contributed by atoms with Gasteiger partial charge in [-0.25, -0.2) is 0 Å². The zero-order valence-corrected chi connectivity index (χ0v) is 19.3. The van der Waals surface area contributed by atoms with Crippen LogP contribution in [-0.2, 0) is 0 Å². The summed E-state index contributed by atoms with van der Waals surface area (Å²) in [6.07, 6.45) is 26.9. The Bertz CT molecular complexity index is 189. The number of rotatable bonds is 22. The molecule has 28 heavy (non-hydrogen) atoms. The lowest BCUT2D eigenvalue weighted by atomic mass is 10.1. The Kier molecular flexibility index (Phi) is 33.8. The SMILES string of the molecule is NCCCCCCCCCCCCN.NCCCCCCCCCCCCN. The van der Waals surface area contributed by atoms with Crippen molar-refractivity contribution in [3.05, 3.63) is 0 Å². The molecule has 0 aliphatic rings. The van der Waals surface area contributed by atoms with E-state index in [0.29, 0.717) is 0 Å². The van der Waals surface area contributed by atoms with Gasteiger partial charge in [-0.1, -0.05) is 103 Å². The lowest BCUT2D eigenvalue weighted by Crippen LogP contribution is -1.97. The van der Waals surface area contributed by atoms with Gasteiger partial charge < -0.3 is 22.9 Å². The Morgan fingerprint density at radius 2 is 0.286 bits per heavy atom. The average molecular weight is 401 g/mol. The van der Waals surface area contributed by atoms with Crippen LogP contribution in [0.2, 0.25) is 0 Å². The molecule has 0 aliphatic carbocycles. The highest BCUT2D eigenvalue weighted by Crippen LogP contribution is 2.10. The van der Waals surface area contributed by atoms with Crippen LogP contribution in [0.4, 0.5) is 0 Å². The van der Waals surface area contributed by atoms with E-state index in [9.17, 15) is 0 Å². The zero-order valence-electron chi connectivity index (χ0n) is 19.3. The first kappa shape index (κ1) is 30.0. The second kappa shape index (κ2) is 31.5. The van der Waals surface area contributed by atoms with Gasteiger partial charge in [0.2, 0.25) is 0 Å². The van der Waals surface area contributed by atoms with Crippen LogP contribution in [0.3, 0.4) is 0 Å². The van der Waals surface area contributed by atoms with E-state index in [1.807, 2.05) is 0 Å². The van der Waals surface area contributed by atoms with Gasteiger partial charge in [-0.3, -0.25) is 0 Å². The van der Waals surface area contributed by atoms with Gasteiger partial charge in [-0.15, -0.1) is 0 Å². The van der Waals surface area contributed by atoms with Gasteiger partial charge >= 0.3 is 0 Å². The van der Waals surface area contributed by atoms with Gasteiger partial charge in [0.05, 0.1) is 0 Å². The van der Waals surface area contributed by atoms with Gasteiger partial charge in [-0.2, -0.15) is 0 Å². The molecule has 172 valence electrons. The third-order valence-electron chi connectivity index (χ3n) is 5.32. The van der Waals surface area contributed by atoms with Crippen LogP contribution in [0.25, 0.3) is 0 Å². The molecule has 0 saturated heterocycles. The van der Waals surface area contributed by atoms with E-state index < -0.39 is 0 Å². The smallest absolute Gasteiger partial charge is 0.00773 e. The van der Waals surface area contributed by atoms with Crippen molar-refractivity contribution in [1.82, 2.24) is 0 Å². The summed E-state index contributed by atoms with van der Waals surface area (Å²) in [6, 6.07) is 0. The second-order valence-electron chi connectivity index (χ2n) is 8.23. The Morgan fingerprint density at radius 1 is 0.179 bits per heavy atom. The summed E-state index contributed by atoms with van der Waals surface area (Å²) in [5.41, 5.74) is 21.7. The molecule has 0 aromatic carbocycles. The lowest BCUT2D eigenvalue weighted by molar-refractivity contribution is 0.554. The summed E-state index contributed by atoms with van der Waals surface area (Å²) >= 11 is 0.